The molecule has 8 heavy (non-hydrogen) atoms. The Bertz CT molecular complexity index is 45.7. The summed E-state index contributed by atoms with van der Waals surface area (Å²) in [7, 11) is 0. The van der Waals surface area contributed by atoms with Crippen LogP contribution in [0.15, 0.2) is 0 Å². The van der Waals surface area contributed by atoms with Crippen LogP contribution in [0, 0.1) is 5.92 Å². The van der Waals surface area contributed by atoms with Gasteiger partial charge in [-0.1, -0.05) is 0 Å². The van der Waals surface area contributed by atoms with Crippen molar-refractivity contribution >= 4 is 11.6 Å². The van der Waals surface area contributed by atoms with E-state index in [4.69, 9.17) is 23.1 Å². The minimum absolute atomic E-state index is 0.424. The van der Waals surface area contributed by atoms with Gasteiger partial charge in [0.1, 0.15) is 0 Å². The van der Waals surface area contributed by atoms with Crippen molar-refractivity contribution in [2.45, 2.75) is 6.42 Å². The van der Waals surface area contributed by atoms with Crippen LogP contribution in [0.3, 0.4) is 0 Å². The number of rotatable bonds is 4. The Morgan fingerprint density at radius 2 is 1.75 bits per heavy atom. The summed E-state index contributed by atoms with van der Waals surface area (Å²) in [4.78, 5) is 0. The van der Waals surface area contributed by atoms with Crippen molar-refractivity contribution in [1.29, 1.82) is 0 Å². The van der Waals surface area contributed by atoms with Gasteiger partial charge in [-0.15, -0.1) is 11.6 Å². The Balaban J connectivity index is 3.07. The number of hydrogen-bond acceptors (Lipinski definition) is 2. The third-order valence-corrected chi connectivity index (χ3v) is 1.40. The smallest absolute Gasteiger partial charge is 0.0227 e. The van der Waals surface area contributed by atoms with Crippen molar-refractivity contribution in [1.82, 2.24) is 0 Å². The Kier molecular flexibility index (Phi) is 5.49. The molecule has 0 heterocycles. The van der Waals surface area contributed by atoms with E-state index in [9.17, 15) is 0 Å². The fourth-order valence-corrected chi connectivity index (χ4v) is 0.795. The monoisotopic (exact) mass is 136 g/mol. The Morgan fingerprint density at radius 1 is 1.25 bits per heavy atom. The van der Waals surface area contributed by atoms with E-state index in [0.29, 0.717) is 24.9 Å². The van der Waals surface area contributed by atoms with E-state index >= 15 is 0 Å². The van der Waals surface area contributed by atoms with Gasteiger partial charge in [0.15, 0.2) is 0 Å². The van der Waals surface area contributed by atoms with Crippen LogP contribution in [0.5, 0.6) is 0 Å². The van der Waals surface area contributed by atoms with Crippen LogP contribution in [0.25, 0.3) is 0 Å². The molecule has 0 saturated carbocycles. The Hall–Kier alpha value is 0.210. The summed E-state index contributed by atoms with van der Waals surface area (Å²) in [5.41, 5.74) is 10.7. The molecule has 0 unspecified atom stereocenters. The molecule has 0 aliphatic heterocycles. The predicted octanol–water partition coefficient (Wildman–Crippen LogP) is 0.149. The SMILES string of the molecule is NCC(CN)CCCl. The van der Waals surface area contributed by atoms with Crippen molar-refractivity contribution in [3.05, 3.63) is 0 Å². The number of alkyl halides is 1. The molecule has 3 heteroatoms. The zero-order valence-corrected chi connectivity index (χ0v) is 5.69. The summed E-state index contributed by atoms with van der Waals surface area (Å²) in [6.07, 6.45) is 0.939. The standard InChI is InChI=1S/C5H13ClN2/c6-2-1-5(3-7)4-8/h5H,1-4,7-8H2. The van der Waals surface area contributed by atoms with Crippen LogP contribution in [-0.4, -0.2) is 19.0 Å². The van der Waals surface area contributed by atoms with Gasteiger partial charge in [-0.25, -0.2) is 0 Å². The maximum Gasteiger partial charge on any atom is 0.0227 e. The Morgan fingerprint density at radius 3 is 1.88 bits per heavy atom. The number of halogens is 1. The van der Waals surface area contributed by atoms with Gasteiger partial charge >= 0.3 is 0 Å². The first-order chi connectivity index (χ1) is 3.85. The highest BCUT2D eigenvalue weighted by Crippen LogP contribution is 1.98. The van der Waals surface area contributed by atoms with Gasteiger partial charge in [-0.2, -0.15) is 0 Å². The number of nitrogens with two attached hydrogens (primary N) is 2. The van der Waals surface area contributed by atoms with E-state index in [0.717, 1.165) is 6.42 Å². The molecule has 0 aliphatic rings. The zero-order chi connectivity index (χ0) is 6.41. The lowest BCUT2D eigenvalue weighted by atomic mass is 10.1. The average Bonchev–Trinajstić information content (AvgIpc) is 1.83. The van der Waals surface area contributed by atoms with Crippen molar-refractivity contribution < 1.29 is 0 Å². The molecule has 50 valence electrons. The lowest BCUT2D eigenvalue weighted by molar-refractivity contribution is 0.536. The second-order valence-corrected chi connectivity index (χ2v) is 2.19. The van der Waals surface area contributed by atoms with E-state index in [2.05, 4.69) is 0 Å². The summed E-state index contributed by atoms with van der Waals surface area (Å²) in [5, 5.41) is 0. The summed E-state index contributed by atoms with van der Waals surface area (Å²) < 4.78 is 0. The third-order valence-electron chi connectivity index (χ3n) is 1.18. The first kappa shape index (κ1) is 8.21. The second-order valence-electron chi connectivity index (χ2n) is 1.82. The Labute approximate surface area is 55.2 Å². The molecule has 0 aromatic carbocycles. The molecular weight excluding hydrogens is 124 g/mol. The van der Waals surface area contributed by atoms with Gasteiger partial charge in [0.25, 0.3) is 0 Å². The van der Waals surface area contributed by atoms with E-state index in [1.165, 1.54) is 0 Å². The highest BCUT2D eigenvalue weighted by Gasteiger charge is 2.00. The molecule has 0 rings (SSSR count). The highest BCUT2D eigenvalue weighted by atomic mass is 35.5. The maximum absolute atomic E-state index is 5.44. The lowest BCUT2D eigenvalue weighted by Gasteiger charge is -2.07. The molecule has 0 atom stereocenters. The minimum atomic E-state index is 0.424. The van der Waals surface area contributed by atoms with Crippen molar-refractivity contribution in [2.24, 2.45) is 17.4 Å². The quantitative estimate of drug-likeness (QED) is 0.541. The predicted molar refractivity (Wildman–Crippen MR) is 36.9 cm³/mol. The molecule has 0 aromatic heterocycles. The van der Waals surface area contributed by atoms with E-state index in [-0.39, 0.29) is 0 Å². The van der Waals surface area contributed by atoms with Crippen LogP contribution in [0.2, 0.25) is 0 Å². The van der Waals surface area contributed by atoms with Crippen molar-refractivity contribution in [3.8, 4) is 0 Å². The van der Waals surface area contributed by atoms with Gasteiger partial charge in [0, 0.05) is 5.88 Å². The van der Waals surface area contributed by atoms with Crippen LogP contribution >= 0.6 is 11.6 Å². The lowest BCUT2D eigenvalue weighted by Crippen LogP contribution is -2.23. The summed E-state index contributed by atoms with van der Waals surface area (Å²) in [6, 6.07) is 0. The minimum Gasteiger partial charge on any atom is -0.330 e. The van der Waals surface area contributed by atoms with E-state index < -0.39 is 0 Å². The fourth-order valence-electron chi connectivity index (χ4n) is 0.486. The summed E-state index contributed by atoms with van der Waals surface area (Å²) in [5.74, 6) is 1.09. The fraction of sp³-hybridized carbons (Fsp3) is 1.00. The summed E-state index contributed by atoms with van der Waals surface area (Å²) in [6.45, 7) is 1.31. The zero-order valence-electron chi connectivity index (χ0n) is 4.94. The van der Waals surface area contributed by atoms with Crippen LogP contribution in [0.4, 0.5) is 0 Å². The van der Waals surface area contributed by atoms with Gasteiger partial charge in [-0.05, 0) is 25.4 Å². The van der Waals surface area contributed by atoms with Gasteiger partial charge < -0.3 is 11.5 Å². The normalized spacial score (nSPS) is 10.5. The van der Waals surface area contributed by atoms with Gasteiger partial charge in [0.2, 0.25) is 0 Å². The molecule has 0 radical (unpaired) electrons. The topological polar surface area (TPSA) is 52.0 Å². The third kappa shape index (κ3) is 3.24. The van der Waals surface area contributed by atoms with E-state index in [1.54, 1.807) is 0 Å². The second kappa shape index (κ2) is 5.35. The summed E-state index contributed by atoms with van der Waals surface area (Å²) >= 11 is 5.44. The van der Waals surface area contributed by atoms with Gasteiger partial charge in [-0.3, -0.25) is 0 Å². The number of hydrogen-bond donors (Lipinski definition) is 2. The molecule has 0 spiro atoms. The van der Waals surface area contributed by atoms with Crippen LogP contribution < -0.4 is 11.5 Å². The molecule has 4 N–H and O–H groups in total. The molecular formula is C5H13ClN2. The van der Waals surface area contributed by atoms with E-state index in [1.807, 2.05) is 0 Å². The molecule has 2 nitrogen and oxygen atoms in total. The van der Waals surface area contributed by atoms with Crippen LogP contribution in [-0.2, 0) is 0 Å². The molecule has 0 amide bonds. The molecule has 0 saturated heterocycles. The first-order valence-corrected chi connectivity index (χ1v) is 3.34. The molecule has 0 aliphatic carbocycles. The average molecular weight is 137 g/mol. The molecule has 0 bridgehead atoms. The molecule has 0 fully saturated rings. The van der Waals surface area contributed by atoms with Crippen LogP contribution in [0.1, 0.15) is 6.42 Å². The van der Waals surface area contributed by atoms with Crippen molar-refractivity contribution in [2.75, 3.05) is 19.0 Å². The first-order valence-electron chi connectivity index (χ1n) is 2.81. The highest BCUT2D eigenvalue weighted by molar-refractivity contribution is 6.17. The maximum atomic E-state index is 5.44. The van der Waals surface area contributed by atoms with Crippen molar-refractivity contribution in [3.63, 3.8) is 0 Å². The van der Waals surface area contributed by atoms with Gasteiger partial charge in [0.05, 0.1) is 0 Å². The largest absolute Gasteiger partial charge is 0.330 e. The molecule has 0 aromatic rings.